The first-order valence-corrected chi connectivity index (χ1v) is 5.20. The number of hydrogen-bond acceptors (Lipinski definition) is 4. The number of benzene rings is 1. The van der Waals surface area contributed by atoms with E-state index in [0.29, 0.717) is 6.07 Å². The summed E-state index contributed by atoms with van der Waals surface area (Å²) in [6.45, 7) is 0. The summed E-state index contributed by atoms with van der Waals surface area (Å²) in [7, 11) is 0. The zero-order valence-corrected chi connectivity index (χ0v) is 9.55. The van der Waals surface area contributed by atoms with Crippen molar-refractivity contribution in [2.45, 2.75) is 24.8 Å². The molecule has 0 bridgehead atoms. The maximum absolute atomic E-state index is 12.7. The molecule has 0 aliphatic rings. The SMILES string of the molecule is N#CCC(O)C(O)c1ccc(C=O)c(C(F)(F)F)c1. The predicted octanol–water partition coefficient (Wildman–Crippen LogP) is 1.83. The number of nitrogens with zero attached hydrogens (tertiary/aromatic N) is 1. The fraction of sp³-hybridized carbons (Fsp3) is 0.333. The fourth-order valence-corrected chi connectivity index (χ4v) is 1.53. The first kappa shape index (κ1) is 15.1. The maximum atomic E-state index is 12.7. The summed E-state index contributed by atoms with van der Waals surface area (Å²) in [5.41, 5.74) is -1.96. The van der Waals surface area contributed by atoms with Gasteiger partial charge in [-0.25, -0.2) is 0 Å². The molecule has 0 fully saturated rings. The van der Waals surface area contributed by atoms with Crippen molar-refractivity contribution in [2.24, 2.45) is 0 Å². The van der Waals surface area contributed by atoms with Gasteiger partial charge in [-0.3, -0.25) is 4.79 Å². The van der Waals surface area contributed by atoms with Crippen LogP contribution < -0.4 is 0 Å². The molecule has 0 radical (unpaired) electrons. The number of alkyl halides is 3. The van der Waals surface area contributed by atoms with Gasteiger partial charge in [-0.1, -0.05) is 12.1 Å². The minimum Gasteiger partial charge on any atom is -0.389 e. The standard InChI is InChI=1S/C12H10F3NO3/c13-12(14,15)9-5-7(1-2-8(9)6-17)11(19)10(18)3-4-16/h1-2,5-6,10-11,18-19H,3H2. The normalized spacial score (nSPS) is 14.5. The quantitative estimate of drug-likeness (QED) is 0.820. The highest BCUT2D eigenvalue weighted by Gasteiger charge is 2.34. The van der Waals surface area contributed by atoms with Gasteiger partial charge in [-0.05, 0) is 11.6 Å². The largest absolute Gasteiger partial charge is 0.417 e. The van der Waals surface area contributed by atoms with E-state index in [1.54, 1.807) is 6.07 Å². The van der Waals surface area contributed by atoms with E-state index in [1.807, 2.05) is 0 Å². The average Bonchev–Trinajstić information content (AvgIpc) is 2.36. The smallest absolute Gasteiger partial charge is 0.389 e. The summed E-state index contributed by atoms with van der Waals surface area (Å²) in [6.07, 6.45) is -8.22. The highest BCUT2D eigenvalue weighted by molar-refractivity contribution is 5.77. The van der Waals surface area contributed by atoms with Crippen LogP contribution in [0.3, 0.4) is 0 Å². The fourth-order valence-electron chi connectivity index (χ4n) is 1.53. The van der Waals surface area contributed by atoms with E-state index in [4.69, 9.17) is 5.26 Å². The Hall–Kier alpha value is -1.91. The van der Waals surface area contributed by atoms with Crippen molar-refractivity contribution >= 4 is 6.29 Å². The highest BCUT2D eigenvalue weighted by atomic mass is 19.4. The van der Waals surface area contributed by atoms with Crippen LogP contribution in [0.4, 0.5) is 13.2 Å². The number of halogens is 3. The summed E-state index contributed by atoms with van der Waals surface area (Å²) in [5.74, 6) is 0. The van der Waals surface area contributed by atoms with Gasteiger partial charge in [0.2, 0.25) is 0 Å². The number of aliphatic hydroxyl groups is 2. The van der Waals surface area contributed by atoms with Crippen molar-refractivity contribution in [1.82, 2.24) is 0 Å². The maximum Gasteiger partial charge on any atom is 0.417 e. The van der Waals surface area contributed by atoms with Crippen LogP contribution in [0.5, 0.6) is 0 Å². The van der Waals surface area contributed by atoms with E-state index in [0.717, 1.165) is 12.1 Å². The van der Waals surface area contributed by atoms with Gasteiger partial charge >= 0.3 is 6.18 Å². The predicted molar refractivity (Wildman–Crippen MR) is 58.0 cm³/mol. The summed E-state index contributed by atoms with van der Waals surface area (Å²) in [4.78, 5) is 10.5. The van der Waals surface area contributed by atoms with Crippen molar-refractivity contribution in [3.05, 3.63) is 34.9 Å². The van der Waals surface area contributed by atoms with Crippen LogP contribution in [0.1, 0.15) is 34.0 Å². The first-order chi connectivity index (χ1) is 8.81. The zero-order valence-electron chi connectivity index (χ0n) is 9.55. The molecular formula is C12H10F3NO3. The third-order valence-corrected chi connectivity index (χ3v) is 2.52. The third-order valence-electron chi connectivity index (χ3n) is 2.52. The second kappa shape index (κ2) is 5.82. The van der Waals surface area contributed by atoms with E-state index in [2.05, 4.69) is 0 Å². The molecule has 19 heavy (non-hydrogen) atoms. The summed E-state index contributed by atoms with van der Waals surface area (Å²) < 4.78 is 38.0. The Morgan fingerprint density at radius 2 is 2.00 bits per heavy atom. The van der Waals surface area contributed by atoms with E-state index in [-0.39, 0.29) is 11.8 Å². The Morgan fingerprint density at radius 1 is 1.37 bits per heavy atom. The van der Waals surface area contributed by atoms with Crippen LogP contribution in [0.15, 0.2) is 18.2 Å². The first-order valence-electron chi connectivity index (χ1n) is 5.20. The molecule has 0 aliphatic carbocycles. The lowest BCUT2D eigenvalue weighted by atomic mass is 9.97. The second-order valence-corrected chi connectivity index (χ2v) is 3.84. The van der Waals surface area contributed by atoms with Crippen LogP contribution in [0.2, 0.25) is 0 Å². The Balaban J connectivity index is 3.19. The molecule has 2 unspecified atom stereocenters. The van der Waals surface area contributed by atoms with Gasteiger partial charge in [-0.15, -0.1) is 0 Å². The lowest BCUT2D eigenvalue weighted by molar-refractivity contribution is -0.138. The molecule has 4 nitrogen and oxygen atoms in total. The number of rotatable bonds is 4. The van der Waals surface area contributed by atoms with Crippen LogP contribution >= 0.6 is 0 Å². The highest BCUT2D eigenvalue weighted by Crippen LogP contribution is 2.33. The molecule has 1 rings (SSSR count). The Labute approximate surface area is 106 Å². The summed E-state index contributed by atoms with van der Waals surface area (Å²) in [5, 5.41) is 27.3. The Morgan fingerprint density at radius 3 is 2.47 bits per heavy atom. The van der Waals surface area contributed by atoms with Gasteiger partial charge in [0.05, 0.1) is 24.2 Å². The van der Waals surface area contributed by atoms with Gasteiger partial charge in [0.15, 0.2) is 6.29 Å². The number of nitriles is 1. The van der Waals surface area contributed by atoms with Crippen LogP contribution in [0.25, 0.3) is 0 Å². The molecular weight excluding hydrogens is 263 g/mol. The minimum atomic E-state index is -4.74. The molecule has 0 aromatic heterocycles. The monoisotopic (exact) mass is 273 g/mol. The second-order valence-electron chi connectivity index (χ2n) is 3.84. The molecule has 102 valence electrons. The van der Waals surface area contributed by atoms with Crippen LogP contribution in [-0.2, 0) is 6.18 Å². The molecule has 0 saturated heterocycles. The topological polar surface area (TPSA) is 81.3 Å². The van der Waals surface area contributed by atoms with Crippen molar-refractivity contribution in [3.63, 3.8) is 0 Å². The molecule has 0 saturated carbocycles. The molecule has 1 aromatic rings. The van der Waals surface area contributed by atoms with Crippen molar-refractivity contribution in [1.29, 1.82) is 5.26 Å². The van der Waals surface area contributed by atoms with E-state index >= 15 is 0 Å². The zero-order chi connectivity index (χ0) is 14.6. The van der Waals surface area contributed by atoms with Gasteiger partial charge in [0, 0.05) is 5.56 Å². The van der Waals surface area contributed by atoms with Crippen molar-refractivity contribution < 1.29 is 28.2 Å². The van der Waals surface area contributed by atoms with E-state index in [9.17, 15) is 28.2 Å². The van der Waals surface area contributed by atoms with Crippen LogP contribution in [-0.4, -0.2) is 22.6 Å². The minimum absolute atomic E-state index is 0.0602. The molecule has 2 N–H and O–H groups in total. The number of aldehydes is 1. The average molecular weight is 273 g/mol. The van der Waals surface area contributed by atoms with Gasteiger partial charge in [0.1, 0.15) is 6.10 Å². The number of aliphatic hydroxyl groups excluding tert-OH is 2. The Kier molecular flexibility index (Phi) is 4.64. The van der Waals surface area contributed by atoms with E-state index in [1.165, 1.54) is 0 Å². The molecule has 0 heterocycles. The molecule has 2 atom stereocenters. The number of carbonyl (C=O) groups excluding carboxylic acids is 1. The number of hydrogen-bond donors (Lipinski definition) is 2. The Bertz CT molecular complexity index is 508. The lowest BCUT2D eigenvalue weighted by Crippen LogP contribution is -2.19. The molecule has 0 spiro atoms. The number of carbonyl (C=O) groups is 1. The lowest BCUT2D eigenvalue weighted by Gasteiger charge is -2.18. The van der Waals surface area contributed by atoms with Crippen LogP contribution in [0, 0.1) is 11.3 Å². The summed E-state index contributed by atoms with van der Waals surface area (Å²) >= 11 is 0. The summed E-state index contributed by atoms with van der Waals surface area (Å²) in [6, 6.07) is 4.20. The molecule has 0 amide bonds. The van der Waals surface area contributed by atoms with Gasteiger partial charge in [0.25, 0.3) is 0 Å². The van der Waals surface area contributed by atoms with E-state index < -0.39 is 35.9 Å². The molecule has 1 aromatic carbocycles. The molecule has 0 aliphatic heterocycles. The van der Waals surface area contributed by atoms with Crippen molar-refractivity contribution in [3.8, 4) is 6.07 Å². The van der Waals surface area contributed by atoms with Crippen molar-refractivity contribution in [2.75, 3.05) is 0 Å². The van der Waals surface area contributed by atoms with Gasteiger partial charge < -0.3 is 10.2 Å². The molecule has 7 heteroatoms. The van der Waals surface area contributed by atoms with Gasteiger partial charge in [-0.2, -0.15) is 18.4 Å². The third kappa shape index (κ3) is 3.53.